The molecule has 118 valence electrons. The number of aromatic nitrogens is 1. The third-order valence-electron chi connectivity index (χ3n) is 3.39. The first kappa shape index (κ1) is 15.9. The number of nitrogens with zero attached hydrogens (tertiary/aromatic N) is 1. The fourth-order valence-electron chi connectivity index (χ4n) is 2.10. The SMILES string of the molecule is COc1ccc(CNC(=O)NCC(O)c2cccn2C)cc1. The van der Waals surface area contributed by atoms with E-state index in [1.54, 1.807) is 7.11 Å². The molecule has 2 rings (SSSR count). The highest BCUT2D eigenvalue weighted by Crippen LogP contribution is 2.12. The second kappa shape index (κ2) is 7.51. The largest absolute Gasteiger partial charge is 0.497 e. The number of hydrogen-bond donors (Lipinski definition) is 3. The molecule has 0 radical (unpaired) electrons. The molecule has 1 aromatic heterocycles. The lowest BCUT2D eigenvalue weighted by Gasteiger charge is -2.13. The van der Waals surface area contributed by atoms with E-state index in [-0.39, 0.29) is 12.6 Å². The van der Waals surface area contributed by atoms with Gasteiger partial charge < -0.3 is 25.0 Å². The number of amides is 2. The Bertz CT molecular complexity index is 607. The molecular formula is C16H21N3O3. The predicted molar refractivity (Wildman–Crippen MR) is 83.6 cm³/mol. The molecule has 0 fully saturated rings. The Morgan fingerprint density at radius 3 is 2.59 bits per heavy atom. The van der Waals surface area contributed by atoms with E-state index in [1.807, 2.05) is 54.2 Å². The van der Waals surface area contributed by atoms with Crippen molar-refractivity contribution in [2.24, 2.45) is 7.05 Å². The van der Waals surface area contributed by atoms with Crippen LogP contribution in [0.2, 0.25) is 0 Å². The average molecular weight is 303 g/mol. The third kappa shape index (κ3) is 4.26. The Hall–Kier alpha value is -2.47. The smallest absolute Gasteiger partial charge is 0.315 e. The number of nitrogens with one attached hydrogen (secondary N) is 2. The summed E-state index contributed by atoms with van der Waals surface area (Å²) in [6.07, 6.45) is 1.12. The Balaban J connectivity index is 1.74. The molecule has 1 heterocycles. The lowest BCUT2D eigenvalue weighted by molar-refractivity contribution is 0.166. The van der Waals surface area contributed by atoms with E-state index in [9.17, 15) is 9.90 Å². The lowest BCUT2D eigenvalue weighted by atomic mass is 10.2. The van der Waals surface area contributed by atoms with Gasteiger partial charge in [0.15, 0.2) is 0 Å². The topological polar surface area (TPSA) is 75.5 Å². The number of hydrogen-bond acceptors (Lipinski definition) is 3. The molecule has 22 heavy (non-hydrogen) atoms. The van der Waals surface area contributed by atoms with Gasteiger partial charge in [0.05, 0.1) is 13.7 Å². The first-order valence-electron chi connectivity index (χ1n) is 7.04. The quantitative estimate of drug-likeness (QED) is 0.758. The Morgan fingerprint density at radius 2 is 2.00 bits per heavy atom. The third-order valence-corrected chi connectivity index (χ3v) is 3.39. The molecule has 2 amide bonds. The van der Waals surface area contributed by atoms with Crippen LogP contribution in [0.4, 0.5) is 4.79 Å². The summed E-state index contributed by atoms with van der Waals surface area (Å²) in [6.45, 7) is 0.572. The number of aliphatic hydroxyl groups is 1. The molecule has 0 saturated carbocycles. The van der Waals surface area contributed by atoms with E-state index in [4.69, 9.17) is 4.74 Å². The highest BCUT2D eigenvalue weighted by atomic mass is 16.5. The van der Waals surface area contributed by atoms with Gasteiger partial charge in [-0.2, -0.15) is 0 Å². The van der Waals surface area contributed by atoms with Crippen LogP contribution in [0.15, 0.2) is 42.6 Å². The van der Waals surface area contributed by atoms with Crippen molar-refractivity contribution in [3.63, 3.8) is 0 Å². The normalized spacial score (nSPS) is 11.8. The average Bonchev–Trinajstić information content (AvgIpc) is 2.97. The summed E-state index contributed by atoms with van der Waals surface area (Å²) in [5.74, 6) is 0.777. The molecule has 0 spiro atoms. The summed E-state index contributed by atoms with van der Waals surface area (Å²) in [5.41, 5.74) is 1.73. The van der Waals surface area contributed by atoms with Crippen molar-refractivity contribution in [3.8, 4) is 5.75 Å². The number of methoxy groups -OCH3 is 1. The van der Waals surface area contributed by atoms with E-state index in [0.29, 0.717) is 6.54 Å². The van der Waals surface area contributed by atoms with E-state index in [2.05, 4.69) is 10.6 Å². The number of rotatable bonds is 6. The summed E-state index contributed by atoms with van der Waals surface area (Å²) < 4.78 is 6.90. The van der Waals surface area contributed by atoms with E-state index < -0.39 is 6.10 Å². The zero-order valence-electron chi connectivity index (χ0n) is 12.7. The molecule has 0 bridgehead atoms. The van der Waals surface area contributed by atoms with Gasteiger partial charge in [-0.3, -0.25) is 0 Å². The van der Waals surface area contributed by atoms with Gasteiger partial charge >= 0.3 is 6.03 Å². The fourth-order valence-corrected chi connectivity index (χ4v) is 2.10. The number of aliphatic hydroxyl groups excluding tert-OH is 1. The predicted octanol–water partition coefficient (Wildman–Crippen LogP) is 1.57. The molecular weight excluding hydrogens is 282 g/mol. The zero-order valence-corrected chi connectivity index (χ0v) is 12.7. The molecule has 1 atom stereocenters. The van der Waals surface area contributed by atoms with Gasteiger partial charge in [-0.15, -0.1) is 0 Å². The van der Waals surface area contributed by atoms with Crippen LogP contribution in [0.25, 0.3) is 0 Å². The maximum absolute atomic E-state index is 11.7. The second-order valence-corrected chi connectivity index (χ2v) is 4.97. The van der Waals surface area contributed by atoms with Crippen molar-refractivity contribution in [2.75, 3.05) is 13.7 Å². The van der Waals surface area contributed by atoms with Gasteiger partial charge in [-0.05, 0) is 29.8 Å². The fraction of sp³-hybridized carbons (Fsp3) is 0.312. The molecule has 1 unspecified atom stereocenters. The molecule has 2 aromatic rings. The Labute approximate surface area is 129 Å². The summed E-state index contributed by atoms with van der Waals surface area (Å²) in [6, 6.07) is 10.8. The van der Waals surface area contributed by atoms with Gasteiger partial charge in [0.25, 0.3) is 0 Å². The van der Waals surface area contributed by atoms with E-state index in [1.165, 1.54) is 0 Å². The maximum Gasteiger partial charge on any atom is 0.315 e. The van der Waals surface area contributed by atoms with Crippen LogP contribution < -0.4 is 15.4 Å². The number of urea groups is 1. The van der Waals surface area contributed by atoms with Crippen LogP contribution in [0, 0.1) is 0 Å². The van der Waals surface area contributed by atoms with Gasteiger partial charge in [0, 0.05) is 25.5 Å². The molecule has 3 N–H and O–H groups in total. The molecule has 0 aliphatic heterocycles. The standard InChI is InChI=1S/C16H21N3O3/c1-19-9-3-4-14(19)15(20)11-18-16(21)17-10-12-5-7-13(22-2)8-6-12/h3-9,15,20H,10-11H2,1-2H3,(H2,17,18,21). The number of carbonyl (C=O) groups is 1. The van der Waals surface area contributed by atoms with Gasteiger partial charge in [0.2, 0.25) is 0 Å². The Morgan fingerprint density at radius 1 is 1.27 bits per heavy atom. The van der Waals surface area contributed by atoms with Gasteiger partial charge in [0.1, 0.15) is 11.9 Å². The molecule has 0 saturated heterocycles. The van der Waals surface area contributed by atoms with Crippen LogP contribution in [0.1, 0.15) is 17.4 Å². The van der Waals surface area contributed by atoms with Crippen LogP contribution in [0.5, 0.6) is 5.75 Å². The van der Waals surface area contributed by atoms with Crippen molar-refractivity contribution in [1.82, 2.24) is 15.2 Å². The summed E-state index contributed by atoms with van der Waals surface area (Å²) in [5, 5.41) is 15.4. The second-order valence-electron chi connectivity index (χ2n) is 4.97. The number of carbonyl (C=O) groups excluding carboxylic acids is 1. The van der Waals surface area contributed by atoms with Gasteiger partial charge in [-0.1, -0.05) is 12.1 Å². The van der Waals surface area contributed by atoms with Gasteiger partial charge in [-0.25, -0.2) is 4.79 Å². The molecule has 1 aromatic carbocycles. The highest BCUT2D eigenvalue weighted by molar-refractivity contribution is 5.73. The monoisotopic (exact) mass is 303 g/mol. The minimum atomic E-state index is -0.730. The molecule has 0 aliphatic carbocycles. The lowest BCUT2D eigenvalue weighted by Crippen LogP contribution is -2.37. The number of benzene rings is 1. The minimum absolute atomic E-state index is 0.159. The maximum atomic E-state index is 11.7. The summed E-state index contributed by atoms with van der Waals surface area (Å²) >= 11 is 0. The van der Waals surface area contributed by atoms with Crippen LogP contribution in [0.3, 0.4) is 0 Å². The van der Waals surface area contributed by atoms with Crippen LogP contribution >= 0.6 is 0 Å². The minimum Gasteiger partial charge on any atom is -0.497 e. The van der Waals surface area contributed by atoms with Crippen molar-refractivity contribution in [2.45, 2.75) is 12.6 Å². The summed E-state index contributed by atoms with van der Waals surface area (Å²) in [4.78, 5) is 11.7. The Kier molecular flexibility index (Phi) is 5.43. The number of aryl methyl sites for hydroxylation is 1. The summed E-state index contributed by atoms with van der Waals surface area (Å²) in [7, 11) is 3.46. The molecule has 6 nitrogen and oxygen atoms in total. The first-order valence-corrected chi connectivity index (χ1v) is 7.04. The molecule has 0 aliphatic rings. The van der Waals surface area contributed by atoms with Crippen molar-refractivity contribution >= 4 is 6.03 Å². The highest BCUT2D eigenvalue weighted by Gasteiger charge is 2.11. The number of ether oxygens (including phenoxy) is 1. The van der Waals surface area contributed by atoms with E-state index >= 15 is 0 Å². The zero-order chi connectivity index (χ0) is 15.9. The van der Waals surface area contributed by atoms with Crippen LogP contribution in [-0.4, -0.2) is 29.4 Å². The van der Waals surface area contributed by atoms with Crippen molar-refractivity contribution in [1.29, 1.82) is 0 Å². The molecule has 6 heteroatoms. The van der Waals surface area contributed by atoms with Crippen molar-refractivity contribution in [3.05, 3.63) is 53.9 Å². The first-order chi connectivity index (χ1) is 10.6. The van der Waals surface area contributed by atoms with Crippen LogP contribution in [-0.2, 0) is 13.6 Å². The van der Waals surface area contributed by atoms with Crippen molar-refractivity contribution < 1.29 is 14.6 Å². The van der Waals surface area contributed by atoms with E-state index in [0.717, 1.165) is 17.0 Å².